The van der Waals surface area contributed by atoms with Crippen molar-refractivity contribution in [2.45, 2.75) is 97.6 Å². The molecule has 0 aromatic rings. The van der Waals surface area contributed by atoms with Crippen LogP contribution in [-0.4, -0.2) is 48.4 Å². The molecule has 0 unspecified atom stereocenters. The summed E-state index contributed by atoms with van der Waals surface area (Å²) in [6, 6.07) is 0.236. The Morgan fingerprint density at radius 3 is 2.39 bits per heavy atom. The lowest BCUT2D eigenvalue weighted by molar-refractivity contribution is -0.132. The summed E-state index contributed by atoms with van der Waals surface area (Å²) in [7, 11) is 0. The molecule has 0 aromatic heterocycles. The predicted octanol–water partition coefficient (Wildman–Crippen LogP) is 3.72. The second kappa shape index (κ2) is 11.8. The van der Waals surface area contributed by atoms with Gasteiger partial charge in [-0.25, -0.2) is 0 Å². The molecule has 1 saturated heterocycles. The number of carbonyl (C=O) groups excluding carboxylic acids is 2. The molecular formula is C23H43N3O2. The van der Waals surface area contributed by atoms with Gasteiger partial charge in [-0.05, 0) is 70.3 Å². The molecule has 5 heteroatoms. The van der Waals surface area contributed by atoms with E-state index in [9.17, 15) is 9.59 Å². The van der Waals surface area contributed by atoms with Gasteiger partial charge in [0, 0.05) is 25.0 Å². The fraction of sp³-hybridized carbons (Fsp3) is 0.913. The van der Waals surface area contributed by atoms with Crippen molar-refractivity contribution in [1.82, 2.24) is 15.5 Å². The van der Waals surface area contributed by atoms with E-state index < -0.39 is 6.04 Å². The summed E-state index contributed by atoms with van der Waals surface area (Å²) in [4.78, 5) is 27.9. The van der Waals surface area contributed by atoms with E-state index in [4.69, 9.17) is 0 Å². The zero-order chi connectivity index (χ0) is 20.5. The van der Waals surface area contributed by atoms with Gasteiger partial charge in [-0.2, -0.15) is 0 Å². The molecule has 0 aromatic carbocycles. The van der Waals surface area contributed by atoms with Crippen molar-refractivity contribution in [3.05, 3.63) is 0 Å². The summed E-state index contributed by atoms with van der Waals surface area (Å²) in [5.41, 5.74) is 0. The van der Waals surface area contributed by atoms with Gasteiger partial charge in [0.1, 0.15) is 6.04 Å². The summed E-state index contributed by atoms with van der Waals surface area (Å²) in [6.07, 6.45) is 10.3. The Bertz CT molecular complexity index is 486. The Morgan fingerprint density at radius 1 is 1.07 bits per heavy atom. The van der Waals surface area contributed by atoms with Crippen LogP contribution in [0.1, 0.15) is 85.5 Å². The number of amides is 2. The fourth-order valence-electron chi connectivity index (χ4n) is 4.73. The highest BCUT2D eigenvalue weighted by Crippen LogP contribution is 2.30. The highest BCUT2D eigenvalue weighted by atomic mass is 16.2. The Balaban J connectivity index is 1.72. The Hall–Kier alpha value is -1.10. The van der Waals surface area contributed by atoms with Crippen LogP contribution in [0.3, 0.4) is 0 Å². The van der Waals surface area contributed by atoms with E-state index in [0.29, 0.717) is 12.6 Å². The zero-order valence-corrected chi connectivity index (χ0v) is 18.6. The lowest BCUT2D eigenvalue weighted by atomic mass is 9.80. The van der Waals surface area contributed by atoms with Gasteiger partial charge in [0.2, 0.25) is 11.8 Å². The van der Waals surface area contributed by atoms with Gasteiger partial charge in [0.15, 0.2) is 0 Å². The van der Waals surface area contributed by atoms with Gasteiger partial charge in [0.05, 0.1) is 0 Å². The monoisotopic (exact) mass is 393 g/mol. The second-order valence-electron chi connectivity index (χ2n) is 9.38. The molecular weight excluding hydrogens is 350 g/mol. The molecule has 0 bridgehead atoms. The first-order valence-electron chi connectivity index (χ1n) is 11.7. The second-order valence-corrected chi connectivity index (χ2v) is 9.38. The van der Waals surface area contributed by atoms with E-state index >= 15 is 0 Å². The molecule has 1 saturated carbocycles. The van der Waals surface area contributed by atoms with Gasteiger partial charge in [0.25, 0.3) is 0 Å². The highest BCUT2D eigenvalue weighted by molar-refractivity contribution is 5.88. The summed E-state index contributed by atoms with van der Waals surface area (Å²) >= 11 is 0. The summed E-state index contributed by atoms with van der Waals surface area (Å²) in [5, 5.41) is 6.12. The van der Waals surface area contributed by atoms with Gasteiger partial charge in [-0.1, -0.05) is 33.6 Å². The number of piperidine rings is 1. The molecule has 28 heavy (non-hydrogen) atoms. The van der Waals surface area contributed by atoms with Crippen molar-refractivity contribution >= 4 is 11.8 Å². The van der Waals surface area contributed by atoms with Crippen LogP contribution < -0.4 is 10.6 Å². The van der Waals surface area contributed by atoms with Crippen LogP contribution in [0, 0.1) is 17.8 Å². The number of nitrogens with one attached hydrogen (secondary N) is 2. The van der Waals surface area contributed by atoms with Gasteiger partial charge in [-0.3, -0.25) is 9.59 Å². The zero-order valence-electron chi connectivity index (χ0n) is 18.6. The first-order chi connectivity index (χ1) is 13.4. The molecule has 1 aliphatic carbocycles. The maximum Gasteiger partial charge on any atom is 0.242 e. The van der Waals surface area contributed by atoms with Crippen molar-refractivity contribution in [3.8, 4) is 0 Å². The lowest BCUT2D eigenvalue weighted by Gasteiger charge is -2.33. The number of nitrogens with zero attached hydrogens (tertiary/aromatic N) is 1. The topological polar surface area (TPSA) is 61.4 Å². The average molecular weight is 394 g/mol. The van der Waals surface area contributed by atoms with Crippen molar-refractivity contribution < 1.29 is 9.59 Å². The number of hydrogen-bond acceptors (Lipinski definition) is 3. The molecule has 2 N–H and O–H groups in total. The van der Waals surface area contributed by atoms with E-state index in [1.165, 1.54) is 32.2 Å². The molecule has 2 rings (SSSR count). The van der Waals surface area contributed by atoms with E-state index in [0.717, 1.165) is 44.6 Å². The van der Waals surface area contributed by atoms with Crippen LogP contribution in [0.2, 0.25) is 0 Å². The summed E-state index contributed by atoms with van der Waals surface area (Å²) in [5.74, 6) is 0.995. The van der Waals surface area contributed by atoms with Crippen LogP contribution in [-0.2, 0) is 9.59 Å². The van der Waals surface area contributed by atoms with Crippen LogP contribution in [0.4, 0.5) is 0 Å². The minimum Gasteiger partial charge on any atom is -0.354 e. The Labute approximate surface area is 172 Å². The standard InChI is InChI=1S/C23H43N3O2/c1-5-19-10-12-20(13-11-19)22(27)25-21(17(2)3)23(28)24-14-8-16-26-15-7-6-9-18(26)4/h17-21H,5-16H2,1-4H3,(H,24,28)(H,25,27)/t18-,19?,20?,21+/m0/s1. The third-order valence-corrected chi connectivity index (χ3v) is 6.90. The quantitative estimate of drug-likeness (QED) is 0.587. The number of hydrogen-bond donors (Lipinski definition) is 2. The normalized spacial score (nSPS) is 27.4. The van der Waals surface area contributed by atoms with Crippen molar-refractivity contribution in [2.75, 3.05) is 19.6 Å². The molecule has 2 atom stereocenters. The minimum atomic E-state index is -0.426. The van der Waals surface area contributed by atoms with Crippen molar-refractivity contribution in [2.24, 2.45) is 17.8 Å². The molecule has 5 nitrogen and oxygen atoms in total. The predicted molar refractivity (Wildman–Crippen MR) is 115 cm³/mol. The van der Waals surface area contributed by atoms with E-state index in [1.807, 2.05) is 13.8 Å². The van der Waals surface area contributed by atoms with Crippen LogP contribution in [0.15, 0.2) is 0 Å². The highest BCUT2D eigenvalue weighted by Gasteiger charge is 2.30. The van der Waals surface area contributed by atoms with Crippen LogP contribution >= 0.6 is 0 Å². The van der Waals surface area contributed by atoms with E-state index in [2.05, 4.69) is 29.4 Å². The van der Waals surface area contributed by atoms with Crippen LogP contribution in [0.5, 0.6) is 0 Å². The fourth-order valence-corrected chi connectivity index (χ4v) is 4.73. The van der Waals surface area contributed by atoms with Gasteiger partial charge >= 0.3 is 0 Å². The van der Waals surface area contributed by atoms with Crippen LogP contribution in [0.25, 0.3) is 0 Å². The molecule has 0 radical (unpaired) electrons. The molecule has 2 fully saturated rings. The minimum absolute atomic E-state index is 0.0303. The number of carbonyl (C=O) groups is 2. The smallest absolute Gasteiger partial charge is 0.242 e. The number of likely N-dealkylation sites (tertiary alicyclic amines) is 1. The van der Waals surface area contributed by atoms with E-state index in [-0.39, 0.29) is 23.7 Å². The van der Waals surface area contributed by atoms with Crippen molar-refractivity contribution in [1.29, 1.82) is 0 Å². The largest absolute Gasteiger partial charge is 0.354 e. The van der Waals surface area contributed by atoms with Gasteiger partial charge in [-0.15, -0.1) is 0 Å². The van der Waals surface area contributed by atoms with E-state index in [1.54, 1.807) is 0 Å². The molecule has 1 aliphatic heterocycles. The average Bonchev–Trinajstić information content (AvgIpc) is 2.70. The first-order valence-corrected chi connectivity index (χ1v) is 11.7. The molecule has 1 heterocycles. The number of rotatable bonds is 9. The lowest BCUT2D eigenvalue weighted by Crippen LogP contribution is -2.51. The van der Waals surface area contributed by atoms with Gasteiger partial charge < -0.3 is 15.5 Å². The molecule has 2 aliphatic rings. The summed E-state index contributed by atoms with van der Waals surface area (Å²) < 4.78 is 0. The maximum atomic E-state index is 12.7. The maximum absolute atomic E-state index is 12.7. The molecule has 2 amide bonds. The molecule has 0 spiro atoms. The Kier molecular flexibility index (Phi) is 9.76. The van der Waals surface area contributed by atoms with Crippen molar-refractivity contribution in [3.63, 3.8) is 0 Å². The molecule has 162 valence electrons. The Morgan fingerprint density at radius 2 is 1.79 bits per heavy atom. The summed E-state index contributed by atoms with van der Waals surface area (Å²) in [6.45, 7) is 11.5. The SMILES string of the molecule is CCC1CCC(C(=O)N[C@@H](C(=O)NCCCN2CCCC[C@@H]2C)C(C)C)CC1. The first kappa shape index (κ1) is 23.2. The third kappa shape index (κ3) is 7.06. The third-order valence-electron chi connectivity index (χ3n) is 6.90.